The lowest BCUT2D eigenvalue weighted by molar-refractivity contribution is -0.132. The molecule has 1 unspecified atom stereocenters. The Morgan fingerprint density at radius 2 is 1.87 bits per heavy atom. The Bertz CT molecular complexity index is 426. The van der Waals surface area contributed by atoms with Gasteiger partial charge in [0.2, 0.25) is 5.91 Å². The van der Waals surface area contributed by atoms with Gasteiger partial charge in [-0.25, -0.2) is 0 Å². The van der Waals surface area contributed by atoms with Gasteiger partial charge in [-0.1, -0.05) is 25.7 Å². The summed E-state index contributed by atoms with van der Waals surface area (Å²) in [6.07, 6.45) is 9.22. The third-order valence-electron chi connectivity index (χ3n) is 5.83. The zero-order chi connectivity index (χ0) is 16.1. The smallest absolute Gasteiger partial charge is 0.234 e. The number of rotatable bonds is 4. The molecule has 2 saturated carbocycles. The molecule has 1 aliphatic heterocycles. The number of hydrogen-bond donors (Lipinski definition) is 1. The molecule has 5 nitrogen and oxygen atoms in total. The molecule has 1 saturated heterocycles. The number of carbonyl (C=O) groups excluding carboxylic acids is 2. The van der Waals surface area contributed by atoms with E-state index in [0.717, 1.165) is 58.0 Å². The van der Waals surface area contributed by atoms with E-state index in [1.165, 1.54) is 6.42 Å². The molecule has 0 aromatic rings. The first-order chi connectivity index (χ1) is 11.2. The van der Waals surface area contributed by atoms with Gasteiger partial charge in [0, 0.05) is 31.0 Å². The first kappa shape index (κ1) is 16.9. The van der Waals surface area contributed by atoms with Crippen molar-refractivity contribution in [3.05, 3.63) is 0 Å². The standard InChI is InChI=1S/C18H30N2O3/c21-16-7-3-2-6-15(16)18(8-4-1-5-9-18)19-17(22)14-20-10-12-23-13-11-20/h15H,1-14H2,(H,19,22). The van der Waals surface area contributed by atoms with Crippen molar-refractivity contribution in [2.24, 2.45) is 5.92 Å². The van der Waals surface area contributed by atoms with Crippen LogP contribution in [0.4, 0.5) is 0 Å². The highest BCUT2D eigenvalue weighted by atomic mass is 16.5. The minimum absolute atomic E-state index is 0.0465. The summed E-state index contributed by atoms with van der Waals surface area (Å²) in [6, 6.07) is 0. The Morgan fingerprint density at radius 3 is 2.57 bits per heavy atom. The number of amides is 1. The molecule has 2 aliphatic carbocycles. The van der Waals surface area contributed by atoms with Crippen LogP contribution >= 0.6 is 0 Å². The Balaban J connectivity index is 1.65. The number of Topliss-reactive ketones (excluding diaryl/α,β-unsaturated/α-hetero) is 1. The van der Waals surface area contributed by atoms with Crippen LogP contribution in [0.15, 0.2) is 0 Å². The third kappa shape index (κ3) is 4.13. The summed E-state index contributed by atoms with van der Waals surface area (Å²) in [7, 11) is 0. The lowest BCUT2D eigenvalue weighted by Crippen LogP contribution is -2.59. The molecule has 0 aromatic heterocycles. The van der Waals surface area contributed by atoms with E-state index in [-0.39, 0.29) is 17.4 Å². The predicted molar refractivity (Wildman–Crippen MR) is 88.2 cm³/mol. The summed E-state index contributed by atoms with van der Waals surface area (Å²) in [5.74, 6) is 0.516. The molecular weight excluding hydrogens is 292 g/mol. The molecule has 0 bridgehead atoms. The quantitative estimate of drug-likeness (QED) is 0.859. The van der Waals surface area contributed by atoms with Crippen LogP contribution in [-0.4, -0.2) is 55.0 Å². The molecule has 1 N–H and O–H groups in total. The molecule has 0 spiro atoms. The molecule has 130 valence electrons. The first-order valence-electron chi connectivity index (χ1n) is 9.33. The maximum atomic E-state index is 12.6. The number of carbonyl (C=O) groups is 2. The zero-order valence-electron chi connectivity index (χ0n) is 14.1. The minimum Gasteiger partial charge on any atom is -0.379 e. The molecule has 5 heteroatoms. The maximum absolute atomic E-state index is 12.6. The number of ketones is 1. The molecule has 1 atom stereocenters. The van der Waals surface area contributed by atoms with Crippen molar-refractivity contribution >= 4 is 11.7 Å². The second-order valence-corrected chi connectivity index (χ2v) is 7.42. The van der Waals surface area contributed by atoms with E-state index in [1.807, 2.05) is 0 Å². The molecule has 3 rings (SSSR count). The molecule has 3 fully saturated rings. The van der Waals surface area contributed by atoms with Crippen molar-refractivity contribution in [2.45, 2.75) is 63.3 Å². The van der Waals surface area contributed by atoms with E-state index in [4.69, 9.17) is 4.74 Å². The van der Waals surface area contributed by atoms with E-state index in [1.54, 1.807) is 0 Å². The zero-order valence-corrected chi connectivity index (χ0v) is 14.1. The van der Waals surface area contributed by atoms with Gasteiger partial charge in [-0.15, -0.1) is 0 Å². The van der Waals surface area contributed by atoms with Crippen molar-refractivity contribution in [3.63, 3.8) is 0 Å². The van der Waals surface area contributed by atoms with Crippen LogP contribution in [0.1, 0.15) is 57.8 Å². The van der Waals surface area contributed by atoms with Crippen LogP contribution in [0, 0.1) is 5.92 Å². The Kier molecular flexibility index (Phi) is 5.70. The Hall–Kier alpha value is -0.940. The van der Waals surface area contributed by atoms with Gasteiger partial charge in [0.25, 0.3) is 0 Å². The fourth-order valence-electron chi connectivity index (χ4n) is 4.59. The summed E-state index contributed by atoms with van der Waals surface area (Å²) in [6.45, 7) is 3.50. The average Bonchev–Trinajstić information content (AvgIpc) is 2.57. The van der Waals surface area contributed by atoms with Crippen molar-refractivity contribution < 1.29 is 14.3 Å². The van der Waals surface area contributed by atoms with Crippen molar-refractivity contribution in [1.82, 2.24) is 10.2 Å². The number of hydrogen-bond acceptors (Lipinski definition) is 4. The van der Waals surface area contributed by atoms with Gasteiger partial charge >= 0.3 is 0 Å². The molecule has 0 radical (unpaired) electrons. The SMILES string of the molecule is O=C(CN1CCOCC1)NC1(C2CCCCC2=O)CCCCC1. The van der Waals surface area contributed by atoms with Crippen molar-refractivity contribution in [1.29, 1.82) is 0 Å². The van der Waals surface area contributed by atoms with Crippen LogP contribution in [0.2, 0.25) is 0 Å². The predicted octanol–water partition coefficient (Wildman–Crippen LogP) is 1.90. The van der Waals surface area contributed by atoms with E-state index < -0.39 is 0 Å². The highest BCUT2D eigenvalue weighted by Gasteiger charge is 2.45. The Morgan fingerprint density at radius 1 is 1.13 bits per heavy atom. The first-order valence-corrected chi connectivity index (χ1v) is 9.33. The fourth-order valence-corrected chi connectivity index (χ4v) is 4.59. The summed E-state index contributed by atoms with van der Waals surface area (Å²) in [5, 5.41) is 3.34. The average molecular weight is 322 g/mol. The van der Waals surface area contributed by atoms with Crippen molar-refractivity contribution in [2.75, 3.05) is 32.8 Å². The number of nitrogens with zero attached hydrogens (tertiary/aromatic N) is 1. The molecule has 23 heavy (non-hydrogen) atoms. The minimum atomic E-state index is -0.265. The highest BCUT2D eigenvalue weighted by molar-refractivity contribution is 5.85. The summed E-state index contributed by atoms with van der Waals surface area (Å²) < 4.78 is 5.34. The third-order valence-corrected chi connectivity index (χ3v) is 5.83. The Labute approximate surface area is 139 Å². The van der Waals surface area contributed by atoms with Gasteiger partial charge in [0.05, 0.1) is 19.8 Å². The van der Waals surface area contributed by atoms with Crippen LogP contribution in [-0.2, 0) is 14.3 Å². The van der Waals surface area contributed by atoms with Crippen LogP contribution in [0.3, 0.4) is 0 Å². The molecule has 0 aromatic carbocycles. The topological polar surface area (TPSA) is 58.6 Å². The number of morpholine rings is 1. The van der Waals surface area contributed by atoms with E-state index in [0.29, 0.717) is 32.0 Å². The van der Waals surface area contributed by atoms with Crippen LogP contribution in [0.25, 0.3) is 0 Å². The van der Waals surface area contributed by atoms with E-state index in [9.17, 15) is 9.59 Å². The normalized spacial score (nSPS) is 29.2. The van der Waals surface area contributed by atoms with Crippen LogP contribution in [0.5, 0.6) is 0 Å². The van der Waals surface area contributed by atoms with Crippen LogP contribution < -0.4 is 5.32 Å². The van der Waals surface area contributed by atoms with E-state index >= 15 is 0 Å². The molecule has 3 aliphatic rings. The summed E-state index contributed by atoms with van der Waals surface area (Å²) in [4.78, 5) is 27.3. The molecular formula is C18H30N2O3. The lowest BCUT2D eigenvalue weighted by Gasteiger charge is -2.45. The fraction of sp³-hybridized carbons (Fsp3) is 0.889. The number of ether oxygens (including phenoxy) is 1. The number of nitrogens with one attached hydrogen (secondary N) is 1. The van der Waals surface area contributed by atoms with Gasteiger partial charge in [-0.3, -0.25) is 14.5 Å². The highest BCUT2D eigenvalue weighted by Crippen LogP contribution is 2.40. The van der Waals surface area contributed by atoms with Gasteiger partial charge < -0.3 is 10.1 Å². The largest absolute Gasteiger partial charge is 0.379 e. The van der Waals surface area contributed by atoms with Crippen molar-refractivity contribution in [3.8, 4) is 0 Å². The second-order valence-electron chi connectivity index (χ2n) is 7.42. The van der Waals surface area contributed by atoms with Gasteiger partial charge in [0.1, 0.15) is 5.78 Å². The van der Waals surface area contributed by atoms with E-state index in [2.05, 4.69) is 10.2 Å². The molecule has 1 heterocycles. The van der Waals surface area contributed by atoms with Gasteiger partial charge in [0.15, 0.2) is 0 Å². The second kappa shape index (κ2) is 7.75. The molecule has 1 amide bonds. The summed E-state index contributed by atoms with van der Waals surface area (Å²) in [5.41, 5.74) is -0.265. The van der Waals surface area contributed by atoms with Gasteiger partial charge in [-0.2, -0.15) is 0 Å². The lowest BCUT2D eigenvalue weighted by atomic mass is 9.67. The summed E-state index contributed by atoms with van der Waals surface area (Å²) >= 11 is 0. The maximum Gasteiger partial charge on any atom is 0.234 e. The van der Waals surface area contributed by atoms with Gasteiger partial charge in [-0.05, 0) is 25.7 Å². The monoisotopic (exact) mass is 322 g/mol.